The van der Waals surface area contributed by atoms with E-state index in [-0.39, 0.29) is 0 Å². The molecular weight excluding hydrogens is 179 g/mol. The van der Waals surface area contributed by atoms with Gasteiger partial charge >= 0.3 is 0 Å². The normalized spacial score (nSPS) is 27.3. The fourth-order valence-corrected chi connectivity index (χ4v) is 4.37. The molecule has 0 saturated heterocycles. The average molecular weight is 192 g/mol. The summed E-state index contributed by atoms with van der Waals surface area (Å²) in [6.07, 6.45) is 3.90. The lowest BCUT2D eigenvalue weighted by atomic mass is 10.4. The second-order valence-corrected chi connectivity index (χ2v) is 6.58. The Morgan fingerprint density at radius 1 is 1.23 bits per heavy atom. The van der Waals surface area contributed by atoms with Gasteiger partial charge in [0.2, 0.25) is 0 Å². The monoisotopic (exact) mass is 192 g/mol. The lowest BCUT2D eigenvalue weighted by molar-refractivity contribution is 0.586. The molecule has 0 amide bonds. The molecule has 2 heteroatoms. The molecule has 0 saturated carbocycles. The molecule has 0 fully saturated rings. The molecule has 1 unspecified atom stereocenters. The molecule has 1 aliphatic rings. The van der Waals surface area contributed by atoms with E-state index in [1.54, 1.807) is 0 Å². The zero-order valence-electron chi connectivity index (χ0n) is 7.73. The first-order chi connectivity index (χ1) is 6.23. The zero-order valence-corrected chi connectivity index (χ0v) is 8.63. The first-order valence-corrected chi connectivity index (χ1v) is 6.45. The molecule has 0 bridgehead atoms. The quantitative estimate of drug-likeness (QED) is 0.625. The van der Waals surface area contributed by atoms with Gasteiger partial charge in [0.05, 0.1) is 0 Å². The van der Waals surface area contributed by atoms with Crippen molar-refractivity contribution in [2.45, 2.75) is 13.3 Å². The van der Waals surface area contributed by atoms with E-state index in [0.29, 0.717) is 0 Å². The highest BCUT2D eigenvalue weighted by atomic mass is 31.2. The van der Waals surface area contributed by atoms with Crippen molar-refractivity contribution in [3.63, 3.8) is 0 Å². The van der Waals surface area contributed by atoms with Gasteiger partial charge in [-0.25, -0.2) is 0 Å². The predicted octanol–water partition coefficient (Wildman–Crippen LogP) is 2.98. The minimum Gasteiger partial charge on any atom is -0.314 e. The second kappa shape index (κ2) is 3.16. The van der Waals surface area contributed by atoms with Crippen LogP contribution in [0.2, 0.25) is 0 Å². The third-order valence-electron chi connectivity index (χ3n) is 2.63. The highest BCUT2D eigenvalue weighted by Crippen LogP contribution is 2.56. The smallest absolute Gasteiger partial charge is 0.139 e. The lowest BCUT2D eigenvalue weighted by Crippen LogP contribution is -2.04. The Balaban J connectivity index is 2.48. The molecule has 1 nitrogen and oxygen atoms in total. The van der Waals surface area contributed by atoms with Gasteiger partial charge in [0.1, 0.15) is 7.14 Å². The van der Waals surface area contributed by atoms with Crippen LogP contribution in [0.5, 0.6) is 0 Å². The van der Waals surface area contributed by atoms with Crippen LogP contribution in [0.15, 0.2) is 41.7 Å². The van der Waals surface area contributed by atoms with Crippen molar-refractivity contribution in [2.75, 3.05) is 6.16 Å². The van der Waals surface area contributed by atoms with Gasteiger partial charge in [-0.05, 0) is 18.7 Å². The molecule has 0 radical (unpaired) electrons. The number of hydrogen-bond donors (Lipinski definition) is 0. The first kappa shape index (κ1) is 8.77. The molecule has 1 aromatic carbocycles. The van der Waals surface area contributed by atoms with E-state index in [1.165, 1.54) is 0 Å². The maximum atomic E-state index is 12.5. The van der Waals surface area contributed by atoms with E-state index < -0.39 is 7.14 Å². The SMILES string of the molecule is CC1=CCCP1(=O)c1ccccc1. The van der Waals surface area contributed by atoms with Crippen LogP contribution in [-0.2, 0) is 4.57 Å². The van der Waals surface area contributed by atoms with Crippen molar-refractivity contribution < 1.29 is 4.57 Å². The second-order valence-electron chi connectivity index (χ2n) is 3.43. The molecule has 13 heavy (non-hydrogen) atoms. The summed E-state index contributed by atoms with van der Waals surface area (Å²) in [5.74, 6) is 0. The molecule has 1 atom stereocenters. The third kappa shape index (κ3) is 1.38. The summed E-state index contributed by atoms with van der Waals surface area (Å²) >= 11 is 0. The van der Waals surface area contributed by atoms with Crippen LogP contribution in [0, 0.1) is 0 Å². The van der Waals surface area contributed by atoms with Gasteiger partial charge in [0.15, 0.2) is 0 Å². The minimum atomic E-state index is -2.15. The summed E-state index contributed by atoms with van der Waals surface area (Å²) in [5, 5.41) is 2.10. The van der Waals surface area contributed by atoms with Crippen molar-refractivity contribution in [2.24, 2.45) is 0 Å². The Bertz CT molecular complexity index is 378. The Labute approximate surface area is 78.9 Å². The number of rotatable bonds is 1. The maximum Gasteiger partial charge on any atom is 0.139 e. The van der Waals surface area contributed by atoms with Crippen molar-refractivity contribution in [1.29, 1.82) is 0 Å². The molecule has 0 aromatic heterocycles. The molecule has 1 aliphatic heterocycles. The van der Waals surface area contributed by atoms with Crippen LogP contribution in [0.1, 0.15) is 13.3 Å². The number of hydrogen-bond acceptors (Lipinski definition) is 1. The fourth-order valence-electron chi connectivity index (χ4n) is 1.78. The summed E-state index contributed by atoms with van der Waals surface area (Å²) in [6.45, 7) is 1.99. The number of benzene rings is 1. The Morgan fingerprint density at radius 2 is 1.92 bits per heavy atom. The summed E-state index contributed by atoms with van der Waals surface area (Å²) in [4.78, 5) is 0. The van der Waals surface area contributed by atoms with Crippen molar-refractivity contribution in [3.8, 4) is 0 Å². The largest absolute Gasteiger partial charge is 0.314 e. The van der Waals surface area contributed by atoms with E-state index in [9.17, 15) is 4.57 Å². The zero-order chi connectivity index (χ0) is 9.31. The van der Waals surface area contributed by atoms with Gasteiger partial charge in [0, 0.05) is 11.5 Å². The van der Waals surface area contributed by atoms with Gasteiger partial charge in [-0.2, -0.15) is 0 Å². The Kier molecular flexibility index (Phi) is 2.13. The summed E-state index contributed by atoms with van der Waals surface area (Å²) in [5.41, 5.74) is 0. The highest BCUT2D eigenvalue weighted by molar-refractivity contribution is 7.75. The standard InChI is InChI=1S/C11H13OP/c1-10-6-5-9-13(10,12)11-7-3-2-4-8-11/h2-4,6-8H,5,9H2,1H3. The summed E-state index contributed by atoms with van der Waals surface area (Å²) in [7, 11) is -2.15. The van der Waals surface area contributed by atoms with E-state index in [2.05, 4.69) is 6.08 Å². The van der Waals surface area contributed by atoms with Gasteiger partial charge in [0.25, 0.3) is 0 Å². The first-order valence-electron chi connectivity index (χ1n) is 4.55. The van der Waals surface area contributed by atoms with Crippen LogP contribution in [0.4, 0.5) is 0 Å². The van der Waals surface area contributed by atoms with Crippen molar-refractivity contribution in [3.05, 3.63) is 41.7 Å². The van der Waals surface area contributed by atoms with Gasteiger partial charge < -0.3 is 4.57 Å². The third-order valence-corrected chi connectivity index (χ3v) is 5.97. The lowest BCUT2D eigenvalue weighted by Gasteiger charge is -2.13. The molecule has 0 spiro atoms. The molecular formula is C11H13OP. The molecule has 0 N–H and O–H groups in total. The Hall–Kier alpha value is -0.810. The van der Waals surface area contributed by atoms with Crippen LogP contribution < -0.4 is 5.30 Å². The van der Waals surface area contributed by atoms with E-state index in [0.717, 1.165) is 23.2 Å². The molecule has 0 aliphatic carbocycles. The van der Waals surface area contributed by atoms with Crippen LogP contribution >= 0.6 is 7.14 Å². The Morgan fingerprint density at radius 3 is 2.46 bits per heavy atom. The molecule has 1 aromatic rings. The van der Waals surface area contributed by atoms with Crippen molar-refractivity contribution >= 4 is 12.4 Å². The predicted molar refractivity (Wildman–Crippen MR) is 56.9 cm³/mol. The van der Waals surface area contributed by atoms with E-state index in [4.69, 9.17) is 0 Å². The van der Waals surface area contributed by atoms with Crippen molar-refractivity contribution in [1.82, 2.24) is 0 Å². The fraction of sp³-hybridized carbons (Fsp3) is 0.273. The summed E-state index contributed by atoms with van der Waals surface area (Å²) < 4.78 is 12.5. The topological polar surface area (TPSA) is 17.1 Å². The van der Waals surface area contributed by atoms with Gasteiger partial charge in [-0.15, -0.1) is 0 Å². The molecule has 68 valence electrons. The van der Waals surface area contributed by atoms with Gasteiger partial charge in [-0.3, -0.25) is 0 Å². The van der Waals surface area contributed by atoms with E-state index >= 15 is 0 Å². The minimum absolute atomic E-state index is 0.822. The summed E-state index contributed by atoms with van der Waals surface area (Å²) in [6, 6.07) is 9.83. The van der Waals surface area contributed by atoms with Crippen LogP contribution in [0.25, 0.3) is 0 Å². The van der Waals surface area contributed by atoms with Crippen LogP contribution in [0.3, 0.4) is 0 Å². The highest BCUT2D eigenvalue weighted by Gasteiger charge is 2.29. The van der Waals surface area contributed by atoms with Gasteiger partial charge in [-0.1, -0.05) is 36.4 Å². The van der Waals surface area contributed by atoms with E-state index in [1.807, 2.05) is 37.3 Å². The van der Waals surface area contributed by atoms with Crippen LogP contribution in [-0.4, -0.2) is 6.16 Å². The number of allylic oxidation sites excluding steroid dienone is 2. The molecule has 2 rings (SSSR count). The molecule has 1 heterocycles. The average Bonchev–Trinajstić information content (AvgIpc) is 2.50. The maximum absolute atomic E-state index is 12.5.